The van der Waals surface area contributed by atoms with Crippen molar-refractivity contribution < 1.29 is 0 Å². The maximum atomic E-state index is 4.36. The van der Waals surface area contributed by atoms with Crippen LogP contribution in [0, 0.1) is 0 Å². The van der Waals surface area contributed by atoms with E-state index in [1.54, 1.807) is 6.33 Å². The summed E-state index contributed by atoms with van der Waals surface area (Å²) in [6.07, 6.45) is 2.70. The summed E-state index contributed by atoms with van der Waals surface area (Å²) in [5.74, 6) is 1.78. The van der Waals surface area contributed by atoms with Gasteiger partial charge in [-0.15, -0.1) is 0 Å². The molecular weight excluding hydrogens is 216 g/mol. The van der Waals surface area contributed by atoms with Gasteiger partial charge in [-0.05, 0) is 27.2 Å². The molecule has 0 amide bonds. The van der Waals surface area contributed by atoms with Crippen molar-refractivity contribution in [1.29, 1.82) is 0 Å². The number of rotatable bonds is 2. The van der Waals surface area contributed by atoms with Crippen LogP contribution >= 0.6 is 0 Å². The lowest BCUT2D eigenvalue weighted by molar-refractivity contribution is 0.340. The van der Waals surface area contributed by atoms with Gasteiger partial charge in [0.25, 0.3) is 0 Å². The molecule has 1 aliphatic rings. The first kappa shape index (κ1) is 11.9. The van der Waals surface area contributed by atoms with Gasteiger partial charge in [-0.25, -0.2) is 9.67 Å². The minimum Gasteiger partial charge on any atom is -0.356 e. The van der Waals surface area contributed by atoms with Crippen molar-refractivity contribution in [3.05, 3.63) is 12.2 Å². The predicted molar refractivity (Wildman–Crippen MR) is 66.8 cm³/mol. The largest absolute Gasteiger partial charge is 0.356 e. The summed E-state index contributed by atoms with van der Waals surface area (Å²) < 4.78 is 1.93. The monoisotopic (exact) mass is 236 g/mol. The summed E-state index contributed by atoms with van der Waals surface area (Å²) in [6, 6.07) is 0. The molecule has 0 radical (unpaired) electrons. The lowest BCUT2D eigenvalue weighted by Gasteiger charge is -2.22. The summed E-state index contributed by atoms with van der Waals surface area (Å²) in [4.78, 5) is 8.63. The fourth-order valence-electron chi connectivity index (χ4n) is 1.76. The predicted octanol–water partition coefficient (Wildman–Crippen LogP) is 0.472. The number of hydrogen-bond donors (Lipinski definition) is 2. The van der Waals surface area contributed by atoms with Crippen LogP contribution in [0.25, 0.3) is 0 Å². The Morgan fingerprint density at radius 1 is 1.47 bits per heavy atom. The van der Waals surface area contributed by atoms with Gasteiger partial charge in [0.2, 0.25) is 0 Å². The summed E-state index contributed by atoms with van der Waals surface area (Å²) in [7, 11) is 0. The van der Waals surface area contributed by atoms with E-state index in [4.69, 9.17) is 0 Å². The van der Waals surface area contributed by atoms with Gasteiger partial charge in [0, 0.05) is 13.1 Å². The molecule has 0 bridgehead atoms. The highest BCUT2D eigenvalue weighted by atomic mass is 15.4. The van der Waals surface area contributed by atoms with Crippen molar-refractivity contribution in [1.82, 2.24) is 25.4 Å². The minimum atomic E-state index is -0.0463. The Bertz CT molecular complexity index is 400. The van der Waals surface area contributed by atoms with Gasteiger partial charge in [-0.3, -0.25) is 4.99 Å². The lowest BCUT2D eigenvalue weighted by Crippen LogP contribution is -2.41. The normalized spacial score (nSPS) is 16.3. The molecule has 6 nitrogen and oxygen atoms in total. The molecule has 0 aromatic carbocycles. The Morgan fingerprint density at radius 3 is 2.94 bits per heavy atom. The topological polar surface area (TPSA) is 67.1 Å². The third-order valence-corrected chi connectivity index (χ3v) is 2.56. The van der Waals surface area contributed by atoms with Gasteiger partial charge in [-0.2, -0.15) is 5.10 Å². The van der Waals surface area contributed by atoms with E-state index in [9.17, 15) is 0 Å². The average molecular weight is 236 g/mol. The van der Waals surface area contributed by atoms with E-state index in [2.05, 4.69) is 46.5 Å². The molecule has 0 spiro atoms. The molecule has 0 atom stereocenters. The van der Waals surface area contributed by atoms with Crippen LogP contribution in [0.3, 0.4) is 0 Å². The van der Waals surface area contributed by atoms with Crippen LogP contribution in [0.1, 0.15) is 33.0 Å². The zero-order valence-electron chi connectivity index (χ0n) is 10.7. The van der Waals surface area contributed by atoms with Crippen molar-refractivity contribution >= 4 is 5.96 Å². The number of nitrogens with zero attached hydrogens (tertiary/aromatic N) is 4. The molecule has 0 saturated carbocycles. The van der Waals surface area contributed by atoms with Crippen LogP contribution in [-0.2, 0) is 12.1 Å². The molecular formula is C11H20N6. The van der Waals surface area contributed by atoms with Crippen LogP contribution < -0.4 is 10.6 Å². The summed E-state index contributed by atoms with van der Waals surface area (Å²) in [5, 5.41) is 10.7. The number of nitrogens with one attached hydrogen (secondary N) is 2. The molecule has 2 rings (SSSR count). The molecule has 2 N–H and O–H groups in total. The first-order valence-corrected chi connectivity index (χ1v) is 5.99. The van der Waals surface area contributed by atoms with Gasteiger partial charge in [-0.1, -0.05) is 0 Å². The molecule has 0 aliphatic carbocycles. The van der Waals surface area contributed by atoms with E-state index in [1.807, 2.05) is 4.68 Å². The smallest absolute Gasteiger partial charge is 0.191 e. The SMILES string of the molecule is CC(C)(C)n1ncnc1CNC1=NCCCN1. The van der Waals surface area contributed by atoms with Crippen LogP contribution in [0.2, 0.25) is 0 Å². The highest BCUT2D eigenvalue weighted by Gasteiger charge is 2.18. The summed E-state index contributed by atoms with van der Waals surface area (Å²) >= 11 is 0. The average Bonchev–Trinajstić information content (AvgIpc) is 2.75. The molecule has 2 heterocycles. The van der Waals surface area contributed by atoms with Gasteiger partial charge in [0.1, 0.15) is 12.2 Å². The van der Waals surface area contributed by atoms with E-state index in [1.165, 1.54) is 0 Å². The number of aliphatic imine (C=N–C) groups is 1. The van der Waals surface area contributed by atoms with E-state index in [0.29, 0.717) is 6.54 Å². The molecule has 0 unspecified atom stereocenters. The van der Waals surface area contributed by atoms with Gasteiger partial charge in [0.15, 0.2) is 5.96 Å². The Labute approximate surface area is 102 Å². The van der Waals surface area contributed by atoms with Gasteiger partial charge < -0.3 is 10.6 Å². The Hall–Kier alpha value is -1.59. The van der Waals surface area contributed by atoms with Crippen molar-refractivity contribution in [3.63, 3.8) is 0 Å². The lowest BCUT2D eigenvalue weighted by atomic mass is 10.1. The standard InChI is InChI=1S/C11H20N6/c1-11(2,3)17-9(15-8-16-17)7-14-10-12-5-4-6-13-10/h8H,4-7H2,1-3H3,(H2,12,13,14). The number of hydrogen-bond acceptors (Lipinski definition) is 5. The van der Waals surface area contributed by atoms with Gasteiger partial charge in [0.05, 0.1) is 12.1 Å². The van der Waals surface area contributed by atoms with Crippen LogP contribution in [0.15, 0.2) is 11.3 Å². The molecule has 6 heteroatoms. The minimum absolute atomic E-state index is 0.0463. The zero-order valence-corrected chi connectivity index (χ0v) is 10.7. The maximum Gasteiger partial charge on any atom is 0.191 e. The Balaban J connectivity index is 1.99. The van der Waals surface area contributed by atoms with Crippen molar-refractivity contribution in [2.24, 2.45) is 4.99 Å². The molecule has 1 aromatic rings. The Kier molecular flexibility index (Phi) is 3.31. The highest BCUT2D eigenvalue weighted by molar-refractivity contribution is 5.80. The van der Waals surface area contributed by atoms with Gasteiger partial charge >= 0.3 is 0 Å². The number of guanidine groups is 1. The zero-order chi connectivity index (χ0) is 12.3. The molecule has 94 valence electrons. The van der Waals surface area contributed by atoms with Crippen molar-refractivity contribution in [2.75, 3.05) is 13.1 Å². The molecule has 17 heavy (non-hydrogen) atoms. The molecule has 0 fully saturated rings. The first-order chi connectivity index (χ1) is 8.07. The third-order valence-electron chi connectivity index (χ3n) is 2.56. The van der Waals surface area contributed by atoms with E-state index in [0.717, 1.165) is 31.3 Å². The van der Waals surface area contributed by atoms with E-state index < -0.39 is 0 Å². The second-order valence-electron chi connectivity index (χ2n) is 5.12. The second kappa shape index (κ2) is 4.73. The van der Waals surface area contributed by atoms with E-state index in [-0.39, 0.29) is 5.54 Å². The number of aromatic nitrogens is 3. The van der Waals surface area contributed by atoms with E-state index >= 15 is 0 Å². The van der Waals surface area contributed by atoms with Crippen molar-refractivity contribution in [3.8, 4) is 0 Å². The fraction of sp³-hybridized carbons (Fsp3) is 0.727. The quantitative estimate of drug-likeness (QED) is 0.783. The van der Waals surface area contributed by atoms with Crippen LogP contribution in [0.4, 0.5) is 0 Å². The molecule has 1 aromatic heterocycles. The fourth-order valence-corrected chi connectivity index (χ4v) is 1.76. The summed E-state index contributed by atoms with van der Waals surface area (Å²) in [5.41, 5.74) is -0.0463. The third kappa shape index (κ3) is 2.95. The molecule has 1 aliphatic heterocycles. The van der Waals surface area contributed by atoms with Crippen LogP contribution in [0.5, 0.6) is 0 Å². The highest BCUT2D eigenvalue weighted by Crippen LogP contribution is 2.13. The second-order valence-corrected chi connectivity index (χ2v) is 5.12. The first-order valence-electron chi connectivity index (χ1n) is 5.99. The Morgan fingerprint density at radius 2 is 2.29 bits per heavy atom. The summed E-state index contributed by atoms with van der Waals surface area (Å²) in [6.45, 7) is 8.85. The van der Waals surface area contributed by atoms with Crippen molar-refractivity contribution in [2.45, 2.75) is 39.3 Å². The maximum absolute atomic E-state index is 4.36. The molecule has 0 saturated heterocycles. The van der Waals surface area contributed by atoms with Crippen LogP contribution in [-0.4, -0.2) is 33.8 Å².